The molecular weight excluding hydrogens is 220 g/mol. The minimum absolute atomic E-state index is 0.760. The Balaban J connectivity index is 1.77. The molecule has 1 aliphatic rings. The molecule has 18 heavy (non-hydrogen) atoms. The molecule has 0 spiro atoms. The maximum Gasteiger partial charge on any atom is 0.101 e. The molecule has 2 nitrogen and oxygen atoms in total. The number of benzene rings is 1. The highest BCUT2D eigenvalue weighted by molar-refractivity contribution is 5.58. The molecule has 0 unspecified atom stereocenters. The minimum Gasteiger partial charge on any atom is -0.384 e. The number of aryl methyl sites for hydroxylation is 1. The molecule has 0 bridgehead atoms. The van der Waals surface area contributed by atoms with E-state index in [4.69, 9.17) is 5.26 Å². The zero-order chi connectivity index (χ0) is 12.8. The maximum atomic E-state index is 9.08. The smallest absolute Gasteiger partial charge is 0.101 e. The van der Waals surface area contributed by atoms with E-state index in [-0.39, 0.29) is 0 Å². The fourth-order valence-electron chi connectivity index (χ4n) is 2.82. The van der Waals surface area contributed by atoms with Gasteiger partial charge in [-0.05, 0) is 43.4 Å². The third kappa shape index (κ3) is 3.50. The van der Waals surface area contributed by atoms with E-state index < -0.39 is 0 Å². The van der Waals surface area contributed by atoms with Crippen molar-refractivity contribution >= 4 is 5.69 Å². The molecule has 2 rings (SSSR count). The largest absolute Gasteiger partial charge is 0.384 e. The van der Waals surface area contributed by atoms with Crippen molar-refractivity contribution in [2.45, 2.75) is 45.4 Å². The molecular formula is C16H22N2. The summed E-state index contributed by atoms with van der Waals surface area (Å²) in [6.07, 6.45) is 8.25. The summed E-state index contributed by atoms with van der Waals surface area (Å²) >= 11 is 0. The average molecular weight is 242 g/mol. The Morgan fingerprint density at radius 2 is 2.11 bits per heavy atom. The first kappa shape index (κ1) is 13.0. The van der Waals surface area contributed by atoms with Crippen LogP contribution in [0.5, 0.6) is 0 Å². The van der Waals surface area contributed by atoms with Crippen molar-refractivity contribution in [2.24, 2.45) is 5.92 Å². The van der Waals surface area contributed by atoms with Crippen LogP contribution in [0, 0.1) is 24.2 Å². The topological polar surface area (TPSA) is 35.8 Å². The normalized spacial score (nSPS) is 15.6. The van der Waals surface area contributed by atoms with Crippen molar-refractivity contribution in [1.29, 1.82) is 5.26 Å². The molecule has 0 heterocycles. The first-order chi connectivity index (χ1) is 8.79. The van der Waals surface area contributed by atoms with E-state index in [1.807, 2.05) is 19.1 Å². The monoisotopic (exact) mass is 242 g/mol. The van der Waals surface area contributed by atoms with Crippen LogP contribution in [0.25, 0.3) is 0 Å². The molecule has 1 aromatic rings. The Kier molecular flexibility index (Phi) is 4.64. The number of nitrogens with one attached hydrogen (secondary N) is 1. The van der Waals surface area contributed by atoms with E-state index in [0.717, 1.165) is 29.3 Å². The van der Waals surface area contributed by atoms with Gasteiger partial charge in [-0.1, -0.05) is 31.7 Å². The van der Waals surface area contributed by atoms with Crippen molar-refractivity contribution in [2.75, 3.05) is 11.9 Å². The quantitative estimate of drug-likeness (QED) is 0.783. The van der Waals surface area contributed by atoms with Gasteiger partial charge in [0.2, 0.25) is 0 Å². The molecule has 1 aromatic carbocycles. The molecule has 0 atom stereocenters. The van der Waals surface area contributed by atoms with Crippen LogP contribution in [-0.4, -0.2) is 6.54 Å². The van der Waals surface area contributed by atoms with Gasteiger partial charge in [-0.15, -0.1) is 0 Å². The van der Waals surface area contributed by atoms with Gasteiger partial charge in [-0.3, -0.25) is 0 Å². The van der Waals surface area contributed by atoms with Gasteiger partial charge in [0.25, 0.3) is 0 Å². The molecule has 0 amide bonds. The van der Waals surface area contributed by atoms with Crippen LogP contribution < -0.4 is 5.32 Å². The van der Waals surface area contributed by atoms with Gasteiger partial charge < -0.3 is 5.32 Å². The maximum absolute atomic E-state index is 9.08. The van der Waals surface area contributed by atoms with Crippen LogP contribution in [0.4, 0.5) is 5.69 Å². The van der Waals surface area contributed by atoms with Crippen molar-refractivity contribution < 1.29 is 0 Å². The molecule has 1 N–H and O–H groups in total. The van der Waals surface area contributed by atoms with Gasteiger partial charge in [0.15, 0.2) is 0 Å². The lowest BCUT2D eigenvalue weighted by Crippen LogP contribution is -2.05. The summed E-state index contributed by atoms with van der Waals surface area (Å²) in [5.41, 5.74) is 2.88. The summed E-state index contributed by atoms with van der Waals surface area (Å²) in [6.45, 7) is 3.00. The highest BCUT2D eigenvalue weighted by atomic mass is 14.9. The number of nitrogens with zero attached hydrogens (tertiary/aromatic N) is 1. The van der Waals surface area contributed by atoms with Crippen LogP contribution in [0.2, 0.25) is 0 Å². The number of hydrogen-bond donors (Lipinski definition) is 1. The summed E-state index contributed by atoms with van der Waals surface area (Å²) in [4.78, 5) is 0. The van der Waals surface area contributed by atoms with E-state index in [2.05, 4.69) is 17.5 Å². The van der Waals surface area contributed by atoms with E-state index in [1.54, 1.807) is 0 Å². The SMILES string of the molecule is Cc1ccc(NCCCC2CCCC2)c(C#N)c1. The zero-order valence-electron chi connectivity index (χ0n) is 11.2. The van der Waals surface area contributed by atoms with Gasteiger partial charge >= 0.3 is 0 Å². The van der Waals surface area contributed by atoms with Crippen molar-refractivity contribution in [1.82, 2.24) is 0 Å². The second kappa shape index (κ2) is 6.44. The molecule has 1 fully saturated rings. The van der Waals surface area contributed by atoms with E-state index in [9.17, 15) is 0 Å². The Morgan fingerprint density at radius 1 is 1.33 bits per heavy atom. The molecule has 0 aromatic heterocycles. The van der Waals surface area contributed by atoms with Crippen LogP contribution in [0.1, 0.15) is 49.7 Å². The number of rotatable bonds is 5. The van der Waals surface area contributed by atoms with E-state index in [1.165, 1.54) is 38.5 Å². The fraction of sp³-hybridized carbons (Fsp3) is 0.562. The minimum atomic E-state index is 0.760. The highest BCUT2D eigenvalue weighted by Crippen LogP contribution is 2.28. The van der Waals surface area contributed by atoms with Crippen molar-refractivity contribution in [3.63, 3.8) is 0 Å². The second-order valence-electron chi connectivity index (χ2n) is 5.38. The summed E-state index contributed by atoms with van der Waals surface area (Å²) in [5.74, 6) is 0.959. The number of anilines is 1. The standard InChI is InChI=1S/C16H22N2/c1-13-8-9-16(15(11-13)12-17)18-10-4-7-14-5-2-3-6-14/h8-9,11,14,18H,2-7,10H2,1H3. The highest BCUT2D eigenvalue weighted by Gasteiger charge is 2.13. The molecule has 1 aliphatic carbocycles. The zero-order valence-corrected chi connectivity index (χ0v) is 11.2. The Labute approximate surface area is 110 Å². The van der Waals surface area contributed by atoms with Crippen LogP contribution in [0.3, 0.4) is 0 Å². The third-order valence-electron chi connectivity index (χ3n) is 3.87. The third-order valence-corrected chi connectivity index (χ3v) is 3.87. The predicted octanol–water partition coefficient (Wildman–Crippen LogP) is 4.25. The van der Waals surface area contributed by atoms with E-state index >= 15 is 0 Å². The molecule has 1 saturated carbocycles. The number of nitriles is 1. The van der Waals surface area contributed by atoms with Gasteiger partial charge in [0.05, 0.1) is 11.3 Å². The van der Waals surface area contributed by atoms with Crippen LogP contribution >= 0.6 is 0 Å². The lowest BCUT2D eigenvalue weighted by molar-refractivity contribution is 0.491. The Morgan fingerprint density at radius 3 is 2.83 bits per heavy atom. The van der Waals surface area contributed by atoms with Gasteiger partial charge in [-0.25, -0.2) is 0 Å². The molecule has 0 saturated heterocycles. The summed E-state index contributed by atoms with van der Waals surface area (Å²) < 4.78 is 0. The summed E-state index contributed by atoms with van der Waals surface area (Å²) in [5, 5.41) is 12.5. The summed E-state index contributed by atoms with van der Waals surface area (Å²) in [6, 6.07) is 8.27. The van der Waals surface area contributed by atoms with Gasteiger partial charge in [-0.2, -0.15) is 5.26 Å². The van der Waals surface area contributed by atoms with Crippen LogP contribution in [-0.2, 0) is 0 Å². The lowest BCUT2D eigenvalue weighted by Gasteiger charge is -2.11. The lowest BCUT2D eigenvalue weighted by atomic mass is 10.0. The molecule has 2 heteroatoms. The Hall–Kier alpha value is -1.49. The van der Waals surface area contributed by atoms with Crippen molar-refractivity contribution in [3.05, 3.63) is 29.3 Å². The molecule has 0 radical (unpaired) electrons. The predicted molar refractivity (Wildman–Crippen MR) is 75.6 cm³/mol. The van der Waals surface area contributed by atoms with Gasteiger partial charge in [0.1, 0.15) is 6.07 Å². The molecule has 0 aliphatic heterocycles. The summed E-state index contributed by atoms with van der Waals surface area (Å²) in [7, 11) is 0. The van der Waals surface area contributed by atoms with E-state index in [0.29, 0.717) is 0 Å². The Bertz CT molecular complexity index is 425. The van der Waals surface area contributed by atoms with Crippen molar-refractivity contribution in [3.8, 4) is 6.07 Å². The first-order valence-corrected chi connectivity index (χ1v) is 7.04. The van der Waals surface area contributed by atoms with Crippen LogP contribution in [0.15, 0.2) is 18.2 Å². The second-order valence-corrected chi connectivity index (χ2v) is 5.38. The first-order valence-electron chi connectivity index (χ1n) is 7.04. The molecule has 96 valence electrons. The average Bonchev–Trinajstić information content (AvgIpc) is 2.89. The number of hydrogen-bond acceptors (Lipinski definition) is 2. The fourth-order valence-corrected chi connectivity index (χ4v) is 2.82. The van der Waals surface area contributed by atoms with Gasteiger partial charge in [0, 0.05) is 6.54 Å².